The van der Waals surface area contributed by atoms with Gasteiger partial charge in [-0.05, 0) is 22.4 Å². The summed E-state index contributed by atoms with van der Waals surface area (Å²) < 4.78 is 63.8. The molecule has 1 heterocycles. The predicted molar refractivity (Wildman–Crippen MR) is 61.8 cm³/mol. The monoisotopic (exact) mass is 349 g/mol. The molecule has 9 heteroatoms. The molecule has 0 bridgehead atoms. The molecule has 1 aromatic heterocycles. The number of unbranched alkanes of at least 4 members (excludes halogenated alkanes) is 3. The maximum absolute atomic E-state index is 13.3. The van der Waals surface area contributed by atoms with Crippen LogP contribution in [-0.2, 0) is 12.5 Å². The van der Waals surface area contributed by atoms with Crippen LogP contribution in [0.5, 0.6) is 0 Å². The third-order valence-corrected chi connectivity index (χ3v) is 3.11. The van der Waals surface area contributed by atoms with E-state index < -0.39 is 22.4 Å². The molecule has 0 aromatic carbocycles. The maximum Gasteiger partial charge on any atom is 0.459 e. The van der Waals surface area contributed by atoms with Gasteiger partial charge in [-0.2, -0.15) is 22.0 Å². The summed E-state index contributed by atoms with van der Waals surface area (Å²) in [5.74, 6) is -4.97. The molecule has 0 atom stereocenters. The average Bonchev–Trinajstić information content (AvgIpc) is 2.65. The van der Waals surface area contributed by atoms with Gasteiger partial charge in [-0.15, -0.1) is 5.10 Å². The van der Waals surface area contributed by atoms with Crippen molar-refractivity contribution in [2.24, 2.45) is 0 Å². The molecule has 0 fully saturated rings. The van der Waals surface area contributed by atoms with Crippen LogP contribution in [0, 0.1) is 0 Å². The fraction of sp³-hybridized carbons (Fsp3) is 0.800. The summed E-state index contributed by atoms with van der Waals surface area (Å²) >= 11 is 2.59. The lowest BCUT2D eigenvalue weighted by molar-refractivity contribution is -0.292. The number of nitrogens with zero attached hydrogens (tertiary/aromatic N) is 3. The van der Waals surface area contributed by atoms with Crippen LogP contribution < -0.4 is 0 Å². The van der Waals surface area contributed by atoms with Crippen molar-refractivity contribution in [2.45, 2.75) is 51.3 Å². The lowest BCUT2D eigenvalue weighted by Gasteiger charge is -2.20. The standard InChI is InChI=1S/C10H13BrF5N3/c1-2-3-4-5-6-19-7(8(11)17-18-19)9(12,13)10(14,15)16/h2-6H2,1H3. The fourth-order valence-corrected chi connectivity index (χ4v) is 2.09. The van der Waals surface area contributed by atoms with E-state index in [4.69, 9.17) is 0 Å². The van der Waals surface area contributed by atoms with Crippen molar-refractivity contribution >= 4 is 15.9 Å². The zero-order valence-corrected chi connectivity index (χ0v) is 11.7. The van der Waals surface area contributed by atoms with E-state index in [2.05, 4.69) is 26.2 Å². The van der Waals surface area contributed by atoms with Crippen LogP contribution in [0.25, 0.3) is 0 Å². The third-order valence-electron chi connectivity index (χ3n) is 2.57. The molecule has 0 aliphatic carbocycles. The molecule has 3 nitrogen and oxygen atoms in total. The van der Waals surface area contributed by atoms with Crippen molar-refractivity contribution < 1.29 is 22.0 Å². The van der Waals surface area contributed by atoms with Gasteiger partial charge in [-0.1, -0.05) is 31.4 Å². The second kappa shape index (κ2) is 6.15. The molecule has 110 valence electrons. The highest BCUT2D eigenvalue weighted by Crippen LogP contribution is 2.45. The number of hydrogen-bond acceptors (Lipinski definition) is 2. The zero-order chi connectivity index (χ0) is 14.7. The summed E-state index contributed by atoms with van der Waals surface area (Å²) in [4.78, 5) is 0. The second-order valence-corrected chi connectivity index (χ2v) is 4.84. The number of rotatable bonds is 6. The molecular weight excluding hydrogens is 337 g/mol. The van der Waals surface area contributed by atoms with E-state index in [0.717, 1.165) is 19.3 Å². The van der Waals surface area contributed by atoms with Gasteiger partial charge in [0.05, 0.1) is 0 Å². The first-order valence-electron chi connectivity index (χ1n) is 5.75. The smallest absolute Gasteiger partial charge is 0.242 e. The molecule has 0 aliphatic rings. The zero-order valence-electron chi connectivity index (χ0n) is 10.1. The number of alkyl halides is 5. The number of halogens is 6. The summed E-state index contributed by atoms with van der Waals surface area (Å²) in [6, 6.07) is 0. The third kappa shape index (κ3) is 3.64. The van der Waals surface area contributed by atoms with E-state index in [1.165, 1.54) is 0 Å². The van der Waals surface area contributed by atoms with E-state index in [-0.39, 0.29) is 6.54 Å². The first-order valence-corrected chi connectivity index (χ1v) is 6.55. The van der Waals surface area contributed by atoms with Crippen molar-refractivity contribution in [1.29, 1.82) is 0 Å². The molecule has 0 N–H and O–H groups in total. The van der Waals surface area contributed by atoms with Crippen molar-refractivity contribution in [2.75, 3.05) is 0 Å². The topological polar surface area (TPSA) is 30.7 Å². The molecule has 1 rings (SSSR count). The fourth-order valence-electron chi connectivity index (χ4n) is 1.56. The molecule has 19 heavy (non-hydrogen) atoms. The summed E-state index contributed by atoms with van der Waals surface area (Å²) in [6.45, 7) is 1.95. The van der Waals surface area contributed by atoms with Gasteiger partial charge in [0.1, 0.15) is 0 Å². The van der Waals surface area contributed by atoms with Crippen LogP contribution in [0.15, 0.2) is 4.60 Å². The molecule has 0 spiro atoms. The Bertz CT molecular complexity index is 416. The molecule has 1 aromatic rings. The van der Waals surface area contributed by atoms with E-state index in [1.807, 2.05) is 6.92 Å². The van der Waals surface area contributed by atoms with Crippen LogP contribution >= 0.6 is 15.9 Å². The highest BCUT2D eigenvalue weighted by Gasteiger charge is 2.62. The van der Waals surface area contributed by atoms with Gasteiger partial charge >= 0.3 is 12.1 Å². The van der Waals surface area contributed by atoms with Gasteiger partial charge in [0.15, 0.2) is 10.3 Å². The second-order valence-electron chi connectivity index (χ2n) is 4.08. The first kappa shape index (κ1) is 16.3. The van der Waals surface area contributed by atoms with Crippen LogP contribution in [0.1, 0.15) is 38.3 Å². The highest BCUT2D eigenvalue weighted by molar-refractivity contribution is 9.10. The minimum Gasteiger partial charge on any atom is -0.242 e. The van der Waals surface area contributed by atoms with E-state index in [1.54, 1.807) is 0 Å². The Kier molecular flexibility index (Phi) is 5.28. The van der Waals surface area contributed by atoms with Crippen molar-refractivity contribution in [3.8, 4) is 0 Å². The van der Waals surface area contributed by atoms with Gasteiger partial charge in [-0.3, -0.25) is 0 Å². The lowest BCUT2D eigenvalue weighted by Crippen LogP contribution is -2.36. The van der Waals surface area contributed by atoms with Crippen molar-refractivity contribution in [1.82, 2.24) is 15.0 Å². The van der Waals surface area contributed by atoms with Crippen molar-refractivity contribution in [3.63, 3.8) is 0 Å². The summed E-state index contributed by atoms with van der Waals surface area (Å²) in [5, 5.41) is 6.58. The van der Waals surface area contributed by atoms with Crippen LogP contribution in [0.4, 0.5) is 22.0 Å². The van der Waals surface area contributed by atoms with E-state index >= 15 is 0 Å². The minimum absolute atomic E-state index is 0.0143. The Hall–Kier alpha value is -0.730. The van der Waals surface area contributed by atoms with Gasteiger partial charge in [0.2, 0.25) is 0 Å². The Morgan fingerprint density at radius 1 is 1.11 bits per heavy atom. The number of hydrogen-bond donors (Lipinski definition) is 0. The normalized spacial score (nSPS) is 13.0. The summed E-state index contributed by atoms with van der Waals surface area (Å²) in [5.41, 5.74) is -1.24. The van der Waals surface area contributed by atoms with Crippen LogP contribution in [0.2, 0.25) is 0 Å². The average molecular weight is 350 g/mol. The SMILES string of the molecule is CCCCCCn1nnc(Br)c1C(F)(F)C(F)(F)F. The van der Waals surface area contributed by atoms with Gasteiger partial charge in [0.25, 0.3) is 0 Å². The quantitative estimate of drug-likeness (QED) is 0.567. The Morgan fingerprint density at radius 2 is 1.74 bits per heavy atom. The van der Waals surface area contributed by atoms with Gasteiger partial charge in [0, 0.05) is 6.54 Å². The summed E-state index contributed by atoms with van der Waals surface area (Å²) in [7, 11) is 0. The van der Waals surface area contributed by atoms with Crippen LogP contribution in [0.3, 0.4) is 0 Å². The Balaban J connectivity index is 2.92. The predicted octanol–water partition coefficient (Wildman–Crippen LogP) is 4.28. The number of aryl methyl sites for hydroxylation is 1. The lowest BCUT2D eigenvalue weighted by atomic mass is 10.2. The van der Waals surface area contributed by atoms with Gasteiger partial charge < -0.3 is 0 Å². The molecule has 0 saturated carbocycles. The molecule has 0 amide bonds. The van der Waals surface area contributed by atoms with E-state index in [0.29, 0.717) is 11.1 Å². The Morgan fingerprint density at radius 3 is 2.26 bits per heavy atom. The molecule has 0 aliphatic heterocycles. The molecular formula is C10H13BrF5N3. The Labute approximate surface area is 115 Å². The first-order chi connectivity index (χ1) is 8.71. The number of aromatic nitrogens is 3. The largest absolute Gasteiger partial charge is 0.459 e. The summed E-state index contributed by atoms with van der Waals surface area (Å²) in [6.07, 6.45) is -2.62. The maximum atomic E-state index is 13.3. The molecule has 0 saturated heterocycles. The molecule has 0 radical (unpaired) electrons. The minimum atomic E-state index is -5.67. The van der Waals surface area contributed by atoms with Gasteiger partial charge in [-0.25, -0.2) is 4.68 Å². The van der Waals surface area contributed by atoms with E-state index in [9.17, 15) is 22.0 Å². The molecule has 0 unspecified atom stereocenters. The van der Waals surface area contributed by atoms with Crippen molar-refractivity contribution in [3.05, 3.63) is 10.3 Å². The van der Waals surface area contributed by atoms with Crippen LogP contribution in [-0.4, -0.2) is 21.2 Å². The highest BCUT2D eigenvalue weighted by atomic mass is 79.9.